The molecule has 0 saturated heterocycles. The Morgan fingerprint density at radius 2 is 0.529 bits per heavy atom. The van der Waals surface area contributed by atoms with E-state index in [1.54, 1.807) is 0 Å². The predicted octanol–water partition coefficient (Wildman–Crippen LogP) is 22.7. The molecule has 0 aliphatic heterocycles. The number of esters is 4. The van der Waals surface area contributed by atoms with E-state index in [4.69, 9.17) is 37.0 Å². The van der Waals surface area contributed by atoms with Crippen LogP contribution < -0.4 is 0 Å². The summed E-state index contributed by atoms with van der Waals surface area (Å²) in [5.74, 6) is -2.29. The highest BCUT2D eigenvalue weighted by Crippen LogP contribution is 2.45. The van der Waals surface area contributed by atoms with E-state index < -0.39 is 97.5 Å². The second-order valence-corrected chi connectivity index (χ2v) is 28.4. The van der Waals surface area contributed by atoms with Crippen molar-refractivity contribution in [3.63, 3.8) is 0 Å². The van der Waals surface area contributed by atoms with Gasteiger partial charge in [-0.25, -0.2) is 9.13 Å². The largest absolute Gasteiger partial charge is 0.472 e. The lowest BCUT2D eigenvalue weighted by Gasteiger charge is -2.21. The first-order chi connectivity index (χ1) is 49.7. The third-order valence-electron chi connectivity index (χ3n) is 15.8. The monoisotopic (exact) mass is 1470 g/mol. The fourth-order valence-electron chi connectivity index (χ4n) is 9.85. The Kier molecular flexibility index (Phi) is 70.5. The molecule has 0 heterocycles. The summed E-state index contributed by atoms with van der Waals surface area (Å²) in [5.41, 5.74) is 0. The minimum atomic E-state index is -5.00. The molecule has 0 saturated carbocycles. The van der Waals surface area contributed by atoms with Crippen LogP contribution in [0, 0.1) is 0 Å². The van der Waals surface area contributed by atoms with E-state index in [2.05, 4.69) is 161 Å². The van der Waals surface area contributed by atoms with Crippen molar-refractivity contribution >= 4 is 39.5 Å². The number of phosphoric acid groups is 2. The molecule has 0 amide bonds. The molecule has 582 valence electrons. The molecule has 0 aliphatic carbocycles. The molecule has 0 bridgehead atoms. The van der Waals surface area contributed by atoms with E-state index in [0.29, 0.717) is 32.1 Å². The van der Waals surface area contributed by atoms with Crippen molar-refractivity contribution in [3.8, 4) is 0 Å². The van der Waals surface area contributed by atoms with Gasteiger partial charge in [-0.3, -0.25) is 37.3 Å². The highest BCUT2D eigenvalue weighted by molar-refractivity contribution is 7.47. The zero-order chi connectivity index (χ0) is 74.6. The van der Waals surface area contributed by atoms with Crippen LogP contribution >= 0.6 is 15.6 Å². The Morgan fingerprint density at radius 3 is 0.863 bits per heavy atom. The molecular formula is C83H138O17P2. The van der Waals surface area contributed by atoms with Crippen LogP contribution in [-0.2, 0) is 65.4 Å². The zero-order valence-electron chi connectivity index (χ0n) is 63.5. The summed E-state index contributed by atoms with van der Waals surface area (Å²) in [6, 6.07) is 0. The van der Waals surface area contributed by atoms with Crippen LogP contribution in [-0.4, -0.2) is 96.7 Å². The molecule has 0 fully saturated rings. The molecule has 0 aromatic heterocycles. The van der Waals surface area contributed by atoms with Crippen LogP contribution in [0.25, 0.3) is 0 Å². The quantitative estimate of drug-likeness (QED) is 0.0169. The summed E-state index contributed by atoms with van der Waals surface area (Å²) < 4.78 is 68.4. The number of unbranched alkanes of at least 4 members (excludes halogenated alkanes) is 22. The molecule has 0 aromatic carbocycles. The molecule has 0 rings (SSSR count). The minimum absolute atomic E-state index is 0.00853. The van der Waals surface area contributed by atoms with Gasteiger partial charge in [-0.2, -0.15) is 0 Å². The molecule has 19 heteroatoms. The van der Waals surface area contributed by atoms with Gasteiger partial charge in [-0.05, 0) is 154 Å². The van der Waals surface area contributed by atoms with Crippen LogP contribution in [0.4, 0.5) is 0 Å². The Morgan fingerprint density at radius 1 is 0.284 bits per heavy atom. The van der Waals surface area contributed by atoms with Crippen molar-refractivity contribution in [1.29, 1.82) is 0 Å². The first-order valence-corrected chi connectivity index (χ1v) is 42.1. The van der Waals surface area contributed by atoms with Crippen LogP contribution in [0.2, 0.25) is 0 Å². The Balaban J connectivity index is 5.42. The van der Waals surface area contributed by atoms with Crippen molar-refractivity contribution in [2.24, 2.45) is 0 Å². The number of aliphatic hydroxyl groups excluding tert-OH is 1. The topological polar surface area (TPSA) is 237 Å². The average molecular weight is 1470 g/mol. The van der Waals surface area contributed by atoms with Gasteiger partial charge in [-0.1, -0.05) is 263 Å². The Labute approximate surface area is 617 Å². The van der Waals surface area contributed by atoms with Crippen molar-refractivity contribution in [2.75, 3.05) is 39.6 Å². The lowest BCUT2D eigenvalue weighted by atomic mass is 10.1. The number of hydrogen-bond donors (Lipinski definition) is 3. The molecule has 0 spiro atoms. The highest BCUT2D eigenvalue weighted by Gasteiger charge is 2.30. The molecule has 17 nitrogen and oxygen atoms in total. The van der Waals surface area contributed by atoms with Gasteiger partial charge in [0, 0.05) is 25.7 Å². The zero-order valence-corrected chi connectivity index (χ0v) is 65.3. The highest BCUT2D eigenvalue weighted by atomic mass is 31.2. The number of phosphoric ester groups is 2. The van der Waals surface area contributed by atoms with Gasteiger partial charge in [0.15, 0.2) is 12.2 Å². The van der Waals surface area contributed by atoms with E-state index in [1.807, 2.05) is 12.2 Å². The summed E-state index contributed by atoms with van der Waals surface area (Å²) >= 11 is 0. The van der Waals surface area contributed by atoms with Gasteiger partial charge >= 0.3 is 39.5 Å². The number of carbonyl (C=O) groups is 4. The van der Waals surface area contributed by atoms with E-state index in [-0.39, 0.29) is 25.7 Å². The van der Waals surface area contributed by atoms with Gasteiger partial charge in [-0.15, -0.1) is 0 Å². The van der Waals surface area contributed by atoms with Crippen molar-refractivity contribution in [1.82, 2.24) is 0 Å². The van der Waals surface area contributed by atoms with E-state index in [1.165, 1.54) is 32.1 Å². The van der Waals surface area contributed by atoms with Crippen LogP contribution in [0.1, 0.15) is 297 Å². The Hall–Kier alpha value is -5.06. The van der Waals surface area contributed by atoms with E-state index in [0.717, 1.165) is 180 Å². The van der Waals surface area contributed by atoms with E-state index >= 15 is 0 Å². The summed E-state index contributed by atoms with van der Waals surface area (Å²) in [6.07, 6.45) is 84.1. The average Bonchev–Trinajstić information content (AvgIpc) is 0.927. The molecule has 0 aliphatic rings. The van der Waals surface area contributed by atoms with Crippen LogP contribution in [0.15, 0.2) is 146 Å². The third-order valence-corrected chi connectivity index (χ3v) is 17.7. The maximum atomic E-state index is 13.1. The van der Waals surface area contributed by atoms with Gasteiger partial charge in [0.25, 0.3) is 0 Å². The summed E-state index contributed by atoms with van der Waals surface area (Å²) in [5, 5.41) is 10.6. The van der Waals surface area contributed by atoms with Crippen LogP contribution in [0.5, 0.6) is 0 Å². The lowest BCUT2D eigenvalue weighted by molar-refractivity contribution is -0.161. The molecule has 5 atom stereocenters. The van der Waals surface area contributed by atoms with Gasteiger partial charge in [0.1, 0.15) is 19.3 Å². The van der Waals surface area contributed by atoms with Gasteiger partial charge in [0.05, 0.1) is 26.4 Å². The SMILES string of the molecule is CC/C=C\C/C=C\C/C=C\C/C=C\C/C=C\CCCC(=O)OC(COC(=O)CCCCCCCC/C=C\C/C=C\C/C=C\C/C=C\CC)COP(=O)(O)OCC(O)COP(=O)(O)OCC(COC(=O)CCCCCCC/C=C\C/C=C\CCCCC)OC(=O)CCCCCCC/C=C\CCCC. The lowest BCUT2D eigenvalue weighted by Crippen LogP contribution is -2.30. The fraction of sp³-hybridized carbons (Fsp3) is 0.663. The van der Waals surface area contributed by atoms with Gasteiger partial charge in [0.2, 0.25) is 0 Å². The summed E-state index contributed by atoms with van der Waals surface area (Å²) in [4.78, 5) is 72.9. The second-order valence-electron chi connectivity index (χ2n) is 25.5. The van der Waals surface area contributed by atoms with Crippen LogP contribution in [0.3, 0.4) is 0 Å². The molecule has 102 heavy (non-hydrogen) atoms. The maximum absolute atomic E-state index is 13.1. The molecular weight excluding hydrogens is 1330 g/mol. The molecule has 0 aromatic rings. The van der Waals surface area contributed by atoms with E-state index in [9.17, 15) is 43.2 Å². The molecule has 5 unspecified atom stereocenters. The van der Waals surface area contributed by atoms with Crippen molar-refractivity contribution in [2.45, 2.75) is 316 Å². The fourth-order valence-corrected chi connectivity index (χ4v) is 11.4. The summed E-state index contributed by atoms with van der Waals surface area (Å²) in [7, 11) is -9.99. The smallest absolute Gasteiger partial charge is 0.462 e. The molecule has 0 radical (unpaired) electrons. The Bertz CT molecular complexity index is 2510. The number of ether oxygens (including phenoxy) is 4. The van der Waals surface area contributed by atoms with Crippen molar-refractivity contribution < 1.29 is 80.2 Å². The van der Waals surface area contributed by atoms with Gasteiger partial charge < -0.3 is 33.8 Å². The normalized spacial score (nSPS) is 14.7. The van der Waals surface area contributed by atoms with Crippen molar-refractivity contribution in [3.05, 3.63) is 146 Å². The number of carbonyl (C=O) groups excluding carboxylic acids is 4. The number of aliphatic hydroxyl groups is 1. The number of allylic oxidation sites excluding steroid dienone is 24. The minimum Gasteiger partial charge on any atom is -0.462 e. The first kappa shape index (κ1) is 96.9. The third kappa shape index (κ3) is 73.3. The maximum Gasteiger partial charge on any atom is 0.472 e. The second kappa shape index (κ2) is 74.2. The standard InChI is InChI=1S/C83H138O17P2/c1-5-9-13-17-21-25-29-32-35-37-38-40-42-45-49-52-56-60-64-68-81(86)94-74-79(100-83(88)70-66-62-58-54-50-46-43-39-36-33-30-26-22-18-14-10-6-2)76-98-102(91,92)96-72-77(84)71-95-101(89,90)97-75-78(99-82(87)69-65-61-57-53-47-28-24-20-16-12-8-4)73-93-80(85)67-63-59-55-51-48-44-41-34-31-27-23-19-15-11-7-3/h9-10,13-14,20-27,32-36,38,40-41,43,46,54,58,77-79,84H,5-8,11-12,15-19,28-31,37,39,42,44-45,47-53,55-57,59-76H2,1-4H3,(H,89,90)(H,91,92)/b13-9-,14-10-,24-20-,25-21-,26-22-,27-23-,35-32-,36-33-,40-38-,41-34-,46-43-,58-54-. The molecule has 3 N–H and O–H groups in total. The number of hydrogen-bond acceptors (Lipinski definition) is 15. The first-order valence-electron chi connectivity index (χ1n) is 39.1. The summed E-state index contributed by atoms with van der Waals surface area (Å²) in [6.45, 7) is 4.47. The predicted molar refractivity (Wildman–Crippen MR) is 417 cm³/mol. The number of rotatable bonds is 72.